The van der Waals surface area contributed by atoms with Crippen LogP contribution in [0.5, 0.6) is 5.75 Å². The zero-order chi connectivity index (χ0) is 28.7. The van der Waals surface area contributed by atoms with E-state index in [1.165, 1.54) is 11.8 Å². The van der Waals surface area contributed by atoms with Crippen LogP contribution in [0.4, 0.5) is 5.13 Å². The molecule has 4 heterocycles. The third-order valence-corrected chi connectivity index (χ3v) is 8.28. The molecule has 9 nitrogen and oxygen atoms in total. The largest absolute Gasteiger partial charge is 0.505 e. The van der Waals surface area contributed by atoms with Gasteiger partial charge in [0.05, 0.1) is 34.5 Å². The predicted molar refractivity (Wildman–Crippen MR) is 153 cm³/mol. The Hall–Kier alpha value is -4.31. The molecule has 1 saturated heterocycles. The second-order valence-electron chi connectivity index (χ2n) is 9.84. The highest BCUT2D eigenvalue weighted by Gasteiger charge is 2.48. The smallest absolute Gasteiger partial charge is 0.301 e. The number of aryl methyl sites for hydroxylation is 3. The van der Waals surface area contributed by atoms with Crippen LogP contribution in [-0.2, 0) is 9.59 Å². The van der Waals surface area contributed by atoms with E-state index in [9.17, 15) is 19.5 Å². The fourth-order valence-electron chi connectivity index (χ4n) is 4.91. The van der Waals surface area contributed by atoms with Crippen molar-refractivity contribution in [2.45, 2.75) is 53.5 Å². The summed E-state index contributed by atoms with van der Waals surface area (Å²) in [5.74, 6) is -1.58. The number of hydrogen-bond acceptors (Lipinski definition) is 8. The molecule has 1 aliphatic rings. The quantitative estimate of drug-likeness (QED) is 0.0967. The number of thiazole rings is 1. The minimum absolute atomic E-state index is 0.0916. The second kappa shape index (κ2) is 10.7. The third-order valence-electron chi connectivity index (χ3n) is 7.03. The van der Waals surface area contributed by atoms with Crippen LogP contribution in [-0.4, -0.2) is 43.6 Å². The Bertz CT molecular complexity index is 1680. The topological polar surface area (TPSA) is 114 Å². The monoisotopic (exact) mass is 558 g/mol. The number of hydrogen-bond donors (Lipinski definition) is 1. The van der Waals surface area contributed by atoms with Gasteiger partial charge in [0.15, 0.2) is 16.7 Å². The van der Waals surface area contributed by atoms with Crippen LogP contribution in [0, 0.1) is 20.8 Å². The van der Waals surface area contributed by atoms with Crippen LogP contribution in [0.25, 0.3) is 11.4 Å². The number of ketones is 2. The van der Waals surface area contributed by atoms with Gasteiger partial charge < -0.3 is 14.2 Å². The van der Waals surface area contributed by atoms with Crippen molar-refractivity contribution in [3.8, 4) is 5.75 Å². The van der Waals surface area contributed by atoms with Crippen LogP contribution in [0.15, 0.2) is 48.2 Å². The normalized spacial score (nSPS) is 16.7. The number of imidazole rings is 1. The number of rotatable bonds is 8. The molecule has 40 heavy (non-hydrogen) atoms. The van der Waals surface area contributed by atoms with Gasteiger partial charge in [0.25, 0.3) is 5.78 Å². The summed E-state index contributed by atoms with van der Waals surface area (Å²) in [5, 5.41) is 11.8. The molecule has 4 aromatic rings. The van der Waals surface area contributed by atoms with E-state index < -0.39 is 17.7 Å². The Morgan fingerprint density at radius 2 is 1.82 bits per heavy atom. The molecule has 0 spiro atoms. The van der Waals surface area contributed by atoms with Crippen molar-refractivity contribution in [2.24, 2.45) is 0 Å². The summed E-state index contributed by atoms with van der Waals surface area (Å²) in [7, 11) is 0. The van der Waals surface area contributed by atoms with Crippen molar-refractivity contribution < 1.29 is 24.2 Å². The number of aliphatic hydroxyl groups is 1. The lowest BCUT2D eigenvalue weighted by Crippen LogP contribution is -2.29. The fraction of sp³-hybridized carbons (Fsp3) is 0.300. The van der Waals surface area contributed by atoms with E-state index in [-0.39, 0.29) is 27.9 Å². The molecule has 0 saturated carbocycles. The number of Topliss-reactive ketones (excluding diaryl/α,β-unsaturated/α-hetero) is 2. The maximum Gasteiger partial charge on any atom is 0.301 e. The SMILES string of the molecule is CCCCOc1ccc(C2C(=C(O)c3nc4c(C)cccn4c3C)C(=O)C(=O)N2c2nc(C)c(C(C)=O)s2)cc1. The number of unbranched alkanes of at least 4 members (excludes halogenated alkanes) is 1. The molecule has 0 radical (unpaired) electrons. The minimum Gasteiger partial charge on any atom is -0.505 e. The molecule has 206 valence electrons. The molecule has 1 atom stereocenters. The molecule has 1 N–H and O–H groups in total. The van der Waals surface area contributed by atoms with Gasteiger partial charge in [-0.2, -0.15) is 0 Å². The van der Waals surface area contributed by atoms with Crippen LogP contribution in [0.2, 0.25) is 0 Å². The van der Waals surface area contributed by atoms with E-state index in [4.69, 9.17) is 4.74 Å². The van der Waals surface area contributed by atoms with E-state index >= 15 is 0 Å². The van der Waals surface area contributed by atoms with Crippen molar-refractivity contribution in [1.82, 2.24) is 14.4 Å². The number of carbonyl (C=O) groups is 3. The van der Waals surface area contributed by atoms with E-state index in [2.05, 4.69) is 16.9 Å². The predicted octanol–water partition coefficient (Wildman–Crippen LogP) is 5.72. The molecule has 0 bridgehead atoms. The maximum absolute atomic E-state index is 13.6. The van der Waals surface area contributed by atoms with Gasteiger partial charge >= 0.3 is 5.91 Å². The Balaban J connectivity index is 1.69. The highest BCUT2D eigenvalue weighted by molar-refractivity contribution is 7.18. The van der Waals surface area contributed by atoms with E-state index in [1.807, 2.05) is 29.7 Å². The van der Waals surface area contributed by atoms with Crippen molar-refractivity contribution in [1.29, 1.82) is 0 Å². The highest BCUT2D eigenvalue weighted by Crippen LogP contribution is 2.44. The molecule has 1 fully saturated rings. The lowest BCUT2D eigenvalue weighted by atomic mass is 9.96. The average molecular weight is 559 g/mol. The zero-order valence-electron chi connectivity index (χ0n) is 23.0. The van der Waals surface area contributed by atoms with Gasteiger partial charge in [-0.3, -0.25) is 19.3 Å². The van der Waals surface area contributed by atoms with E-state index in [0.29, 0.717) is 39.8 Å². The molecule has 10 heteroatoms. The number of anilines is 1. The number of aromatic nitrogens is 3. The average Bonchev–Trinajstić information content (AvgIpc) is 3.56. The first-order valence-corrected chi connectivity index (χ1v) is 13.9. The number of nitrogens with zero attached hydrogens (tertiary/aromatic N) is 4. The second-order valence-corrected chi connectivity index (χ2v) is 10.8. The first kappa shape index (κ1) is 27.3. The van der Waals surface area contributed by atoms with E-state index in [1.54, 1.807) is 38.1 Å². The lowest BCUT2D eigenvalue weighted by molar-refractivity contribution is -0.132. The number of amides is 1. The van der Waals surface area contributed by atoms with E-state index in [0.717, 1.165) is 29.7 Å². The number of ether oxygens (including phenoxy) is 1. The summed E-state index contributed by atoms with van der Waals surface area (Å²) in [6, 6.07) is 9.89. The van der Waals surface area contributed by atoms with Crippen LogP contribution in [0.1, 0.15) is 70.6 Å². The van der Waals surface area contributed by atoms with Gasteiger partial charge in [0.1, 0.15) is 17.1 Å². The summed E-state index contributed by atoms with van der Waals surface area (Å²) < 4.78 is 7.63. The fourth-order valence-corrected chi connectivity index (χ4v) is 5.90. The van der Waals surface area contributed by atoms with Gasteiger partial charge in [-0.05, 0) is 56.5 Å². The first-order chi connectivity index (χ1) is 19.1. The lowest BCUT2D eigenvalue weighted by Gasteiger charge is -2.23. The summed E-state index contributed by atoms with van der Waals surface area (Å²) >= 11 is 1.05. The Morgan fingerprint density at radius 1 is 1.10 bits per heavy atom. The Labute approximate surface area is 235 Å². The zero-order valence-corrected chi connectivity index (χ0v) is 23.8. The molecule has 5 rings (SSSR count). The molecule has 3 aromatic heterocycles. The van der Waals surface area contributed by atoms with Crippen LogP contribution < -0.4 is 9.64 Å². The number of fused-ring (bicyclic) bond motifs is 1. The molecule has 1 unspecified atom stereocenters. The Morgan fingerprint density at radius 3 is 2.45 bits per heavy atom. The first-order valence-electron chi connectivity index (χ1n) is 13.1. The van der Waals surface area contributed by atoms with Crippen molar-refractivity contribution in [3.63, 3.8) is 0 Å². The molecule has 1 aromatic carbocycles. The molecule has 0 aliphatic carbocycles. The van der Waals surface area contributed by atoms with Crippen LogP contribution in [0.3, 0.4) is 0 Å². The standard InChI is InChI=1S/C30H30N4O5S/c1-6-7-15-39-21-12-10-20(11-13-21)24-22(25(36)23-18(4)33-14-8-9-16(2)28(33)32-23)26(37)29(38)34(24)30-31-17(3)27(40-30)19(5)35/h8-14,24,36H,6-7,15H2,1-5H3. The molecular formula is C30H30N4O5S. The Kier molecular flexibility index (Phi) is 7.29. The molecule has 1 amide bonds. The van der Waals surface area contributed by atoms with Gasteiger partial charge in [0, 0.05) is 13.1 Å². The van der Waals surface area contributed by atoms with Crippen LogP contribution >= 0.6 is 11.3 Å². The summed E-state index contributed by atoms with van der Waals surface area (Å²) in [5.41, 5.74) is 3.35. The number of aliphatic hydroxyl groups excluding tert-OH is 1. The maximum atomic E-state index is 13.6. The number of pyridine rings is 1. The summed E-state index contributed by atoms with van der Waals surface area (Å²) in [6.07, 6.45) is 3.75. The third kappa shape index (κ3) is 4.58. The molecule has 1 aliphatic heterocycles. The van der Waals surface area contributed by atoms with Gasteiger partial charge in [-0.25, -0.2) is 9.97 Å². The van der Waals surface area contributed by atoms with Crippen molar-refractivity contribution >= 4 is 45.3 Å². The van der Waals surface area contributed by atoms with Gasteiger partial charge in [-0.15, -0.1) is 0 Å². The van der Waals surface area contributed by atoms with Crippen molar-refractivity contribution in [2.75, 3.05) is 11.5 Å². The van der Waals surface area contributed by atoms with Gasteiger partial charge in [-0.1, -0.05) is 42.9 Å². The summed E-state index contributed by atoms with van der Waals surface area (Å²) in [6.45, 7) is 9.48. The summed E-state index contributed by atoms with van der Waals surface area (Å²) in [4.78, 5) is 50.1. The highest BCUT2D eigenvalue weighted by atomic mass is 32.1. The number of carbonyl (C=O) groups excluding carboxylic acids is 3. The van der Waals surface area contributed by atoms with Crippen molar-refractivity contribution in [3.05, 3.63) is 81.3 Å². The number of benzene rings is 1. The van der Waals surface area contributed by atoms with Gasteiger partial charge in [0.2, 0.25) is 0 Å². The molecular weight excluding hydrogens is 528 g/mol. The minimum atomic E-state index is -0.986.